The molecular formula is C28H32F4O2. The number of aryl methyl sites for hydroxylation is 1. The third-order valence-electron chi connectivity index (χ3n) is 5.66. The molecule has 2 unspecified atom stereocenters. The van der Waals surface area contributed by atoms with Crippen LogP contribution in [0.5, 0.6) is 5.75 Å². The molecule has 0 saturated heterocycles. The van der Waals surface area contributed by atoms with Crippen molar-refractivity contribution in [2.75, 3.05) is 13.2 Å². The fourth-order valence-corrected chi connectivity index (χ4v) is 3.34. The molecule has 0 radical (unpaired) electrons. The molecule has 0 saturated carbocycles. The largest absolute Gasteiger partial charge is 0.491 e. The first-order chi connectivity index (χ1) is 16.1. The van der Waals surface area contributed by atoms with E-state index in [1.54, 1.807) is 26.0 Å². The molecule has 2 nitrogen and oxygen atoms in total. The summed E-state index contributed by atoms with van der Waals surface area (Å²) in [6, 6.07) is 10.1. The van der Waals surface area contributed by atoms with Crippen molar-refractivity contribution in [2.45, 2.75) is 40.5 Å². The lowest BCUT2D eigenvalue weighted by Crippen LogP contribution is -2.12. The van der Waals surface area contributed by atoms with E-state index in [9.17, 15) is 17.6 Å². The molecule has 184 valence electrons. The van der Waals surface area contributed by atoms with Crippen LogP contribution in [0.3, 0.4) is 0 Å². The highest BCUT2D eigenvalue weighted by Crippen LogP contribution is 2.32. The third-order valence-corrected chi connectivity index (χ3v) is 5.66. The zero-order valence-electron chi connectivity index (χ0n) is 20.2. The smallest absolute Gasteiger partial charge is 0.201 e. The standard InChI is InChI=1S/C28H32F4O2/c1-7-33-21(6)26(30)25(29)20(5)19(4)11-8-18(3)16-34-24-15-14-23(27(31)28(24)32)22-12-9-17(2)10-13-22/h9-10,12-15,18-19H,5-8,11,16H2,1-4H3/b26-25-. The van der Waals surface area contributed by atoms with E-state index < -0.39 is 23.3 Å². The second kappa shape index (κ2) is 12.4. The lowest BCUT2D eigenvalue weighted by Gasteiger charge is -2.18. The minimum atomic E-state index is -1.15. The molecule has 2 rings (SSSR count). The van der Waals surface area contributed by atoms with Gasteiger partial charge in [0.15, 0.2) is 29.0 Å². The van der Waals surface area contributed by atoms with Gasteiger partial charge in [-0.1, -0.05) is 56.8 Å². The second-order valence-corrected chi connectivity index (χ2v) is 8.51. The molecule has 34 heavy (non-hydrogen) atoms. The predicted octanol–water partition coefficient (Wildman–Crippen LogP) is 8.63. The quantitative estimate of drug-likeness (QED) is 0.173. The summed E-state index contributed by atoms with van der Waals surface area (Å²) >= 11 is 0. The number of benzene rings is 2. The molecule has 0 amide bonds. The monoisotopic (exact) mass is 476 g/mol. The Morgan fingerprint density at radius 1 is 0.912 bits per heavy atom. The first-order valence-electron chi connectivity index (χ1n) is 11.3. The van der Waals surface area contributed by atoms with E-state index >= 15 is 0 Å². The fourth-order valence-electron chi connectivity index (χ4n) is 3.34. The van der Waals surface area contributed by atoms with Crippen molar-refractivity contribution in [3.8, 4) is 16.9 Å². The predicted molar refractivity (Wildman–Crippen MR) is 129 cm³/mol. The van der Waals surface area contributed by atoms with Crippen molar-refractivity contribution in [1.82, 2.24) is 0 Å². The Morgan fingerprint density at radius 2 is 1.56 bits per heavy atom. The Bertz CT molecular complexity index is 1040. The van der Waals surface area contributed by atoms with Gasteiger partial charge in [-0.2, -0.15) is 8.78 Å². The fraction of sp³-hybridized carbons (Fsp3) is 0.357. The minimum Gasteiger partial charge on any atom is -0.491 e. The highest BCUT2D eigenvalue weighted by atomic mass is 19.2. The van der Waals surface area contributed by atoms with Crippen LogP contribution in [0, 0.1) is 30.4 Å². The van der Waals surface area contributed by atoms with Crippen LogP contribution in [0.2, 0.25) is 0 Å². The molecule has 2 aromatic carbocycles. The molecule has 0 aromatic heterocycles. The summed E-state index contributed by atoms with van der Waals surface area (Å²) < 4.78 is 68.0. The Kier molecular flexibility index (Phi) is 9.97. The van der Waals surface area contributed by atoms with Gasteiger partial charge in [-0.3, -0.25) is 0 Å². The Labute approximate surface area is 199 Å². The van der Waals surface area contributed by atoms with Crippen LogP contribution < -0.4 is 4.74 Å². The molecule has 0 heterocycles. The molecule has 0 aliphatic carbocycles. The Morgan fingerprint density at radius 3 is 2.18 bits per heavy atom. The SMILES string of the molecule is C=C(OCC)/C(F)=C(/F)C(=C)C(C)CCC(C)COc1ccc(-c2ccc(C)cc2)c(F)c1F. The van der Waals surface area contributed by atoms with Gasteiger partial charge in [-0.05, 0) is 61.8 Å². The zero-order chi connectivity index (χ0) is 25.4. The van der Waals surface area contributed by atoms with Crippen molar-refractivity contribution in [3.05, 3.63) is 89.7 Å². The normalized spacial score (nSPS) is 13.6. The molecule has 2 aromatic rings. The molecule has 0 fully saturated rings. The number of allylic oxidation sites excluding steroid dienone is 3. The van der Waals surface area contributed by atoms with Gasteiger partial charge >= 0.3 is 0 Å². The molecule has 6 heteroatoms. The van der Waals surface area contributed by atoms with Crippen molar-refractivity contribution < 1.29 is 27.0 Å². The molecule has 2 atom stereocenters. The summed E-state index contributed by atoms with van der Waals surface area (Å²) in [4.78, 5) is 0. The summed E-state index contributed by atoms with van der Waals surface area (Å²) in [5.74, 6) is -5.12. The molecule has 0 N–H and O–H groups in total. The lowest BCUT2D eigenvalue weighted by atomic mass is 9.92. The van der Waals surface area contributed by atoms with Crippen LogP contribution in [0.15, 0.2) is 72.5 Å². The summed E-state index contributed by atoms with van der Waals surface area (Å²) in [7, 11) is 0. The number of halogens is 4. The highest BCUT2D eigenvalue weighted by Gasteiger charge is 2.20. The van der Waals surface area contributed by atoms with Crippen molar-refractivity contribution in [3.63, 3.8) is 0 Å². The number of rotatable bonds is 12. The second-order valence-electron chi connectivity index (χ2n) is 8.51. The summed E-state index contributed by atoms with van der Waals surface area (Å²) in [5, 5.41) is 0. The van der Waals surface area contributed by atoms with Gasteiger partial charge in [0.1, 0.15) is 0 Å². The molecule has 0 bridgehead atoms. The van der Waals surface area contributed by atoms with E-state index in [4.69, 9.17) is 9.47 Å². The number of hydrogen-bond donors (Lipinski definition) is 0. The van der Waals surface area contributed by atoms with Gasteiger partial charge in [0.05, 0.1) is 13.2 Å². The number of ether oxygens (including phenoxy) is 2. The minimum absolute atomic E-state index is 0.0197. The summed E-state index contributed by atoms with van der Waals surface area (Å²) in [5.41, 5.74) is 1.79. The van der Waals surface area contributed by atoms with Gasteiger partial charge < -0.3 is 9.47 Å². The van der Waals surface area contributed by atoms with E-state index in [0.717, 1.165) is 5.56 Å². The average Bonchev–Trinajstić information content (AvgIpc) is 2.82. The molecule has 0 aliphatic heterocycles. The van der Waals surface area contributed by atoms with Gasteiger partial charge in [0.25, 0.3) is 0 Å². The maximum Gasteiger partial charge on any atom is 0.201 e. The van der Waals surface area contributed by atoms with Crippen LogP contribution in [-0.4, -0.2) is 13.2 Å². The van der Waals surface area contributed by atoms with Crippen LogP contribution in [-0.2, 0) is 4.74 Å². The third kappa shape index (κ3) is 6.99. The zero-order valence-corrected chi connectivity index (χ0v) is 20.2. The average molecular weight is 477 g/mol. The molecular weight excluding hydrogens is 444 g/mol. The van der Waals surface area contributed by atoms with E-state index in [1.807, 2.05) is 26.0 Å². The van der Waals surface area contributed by atoms with E-state index in [-0.39, 0.29) is 47.7 Å². The van der Waals surface area contributed by atoms with Crippen LogP contribution in [0.25, 0.3) is 11.1 Å². The van der Waals surface area contributed by atoms with Gasteiger partial charge in [-0.15, -0.1) is 0 Å². The first kappa shape index (κ1) is 27.2. The van der Waals surface area contributed by atoms with Crippen molar-refractivity contribution >= 4 is 0 Å². The first-order valence-corrected chi connectivity index (χ1v) is 11.3. The molecule has 0 spiro atoms. The Balaban J connectivity index is 1.93. The maximum absolute atomic E-state index is 14.6. The van der Waals surface area contributed by atoms with Gasteiger partial charge in [0, 0.05) is 5.56 Å². The van der Waals surface area contributed by atoms with E-state index in [2.05, 4.69) is 13.2 Å². The van der Waals surface area contributed by atoms with Crippen LogP contribution >= 0.6 is 0 Å². The number of hydrogen-bond acceptors (Lipinski definition) is 2. The summed E-state index contributed by atoms with van der Waals surface area (Å²) in [6.07, 6.45) is 1.10. The highest BCUT2D eigenvalue weighted by molar-refractivity contribution is 5.65. The summed E-state index contributed by atoms with van der Waals surface area (Å²) in [6.45, 7) is 14.5. The topological polar surface area (TPSA) is 18.5 Å². The van der Waals surface area contributed by atoms with Crippen LogP contribution in [0.1, 0.15) is 39.2 Å². The van der Waals surface area contributed by atoms with Crippen molar-refractivity contribution in [2.24, 2.45) is 11.8 Å². The van der Waals surface area contributed by atoms with E-state index in [0.29, 0.717) is 18.4 Å². The van der Waals surface area contributed by atoms with Crippen molar-refractivity contribution in [1.29, 1.82) is 0 Å². The Hall–Kier alpha value is -3.02. The van der Waals surface area contributed by atoms with Crippen LogP contribution in [0.4, 0.5) is 17.6 Å². The lowest BCUT2D eigenvalue weighted by molar-refractivity contribution is 0.223. The van der Waals surface area contributed by atoms with Gasteiger partial charge in [0.2, 0.25) is 5.82 Å². The van der Waals surface area contributed by atoms with E-state index in [1.165, 1.54) is 12.1 Å². The van der Waals surface area contributed by atoms with Gasteiger partial charge in [-0.25, -0.2) is 8.78 Å². The maximum atomic E-state index is 14.6. The molecule has 0 aliphatic rings.